The van der Waals surface area contributed by atoms with Crippen LogP contribution < -0.4 is 16.0 Å². The highest BCUT2D eigenvalue weighted by Crippen LogP contribution is 2.20. The van der Waals surface area contributed by atoms with Crippen LogP contribution in [0.3, 0.4) is 0 Å². The Morgan fingerprint density at radius 1 is 1.03 bits per heavy atom. The number of methoxy groups -OCH3 is 2. The minimum atomic E-state index is -0.866. The Labute approximate surface area is 185 Å². The zero-order chi connectivity index (χ0) is 23.7. The first-order chi connectivity index (χ1) is 15.2. The van der Waals surface area contributed by atoms with Gasteiger partial charge in [0.25, 0.3) is 11.8 Å². The van der Waals surface area contributed by atoms with Crippen LogP contribution in [0.5, 0.6) is 0 Å². The molecule has 11 heteroatoms. The number of amides is 5. The number of anilines is 1. The molecule has 0 fully saturated rings. The molecule has 1 aromatic rings. The number of nitrogens with zero attached hydrogens (tertiary/aromatic N) is 1. The van der Waals surface area contributed by atoms with Gasteiger partial charge in [-0.25, -0.2) is 0 Å². The first-order valence-electron chi connectivity index (χ1n) is 9.81. The van der Waals surface area contributed by atoms with E-state index in [-0.39, 0.29) is 19.5 Å². The average molecular weight is 446 g/mol. The SMILES string of the molecule is COC(OC)c1cccc(NC(=O)[C@H](C)NC(=O)CNC(=O)CCN2C(=O)C=CC2=O)c1. The van der Waals surface area contributed by atoms with Crippen LogP contribution >= 0.6 is 0 Å². The molecule has 0 aromatic heterocycles. The molecule has 0 bridgehead atoms. The maximum absolute atomic E-state index is 12.4. The quantitative estimate of drug-likeness (QED) is 0.317. The van der Waals surface area contributed by atoms with Crippen LogP contribution in [-0.4, -0.2) is 67.8 Å². The summed E-state index contributed by atoms with van der Waals surface area (Å²) in [5, 5.41) is 7.55. The highest BCUT2D eigenvalue weighted by Gasteiger charge is 2.23. The zero-order valence-corrected chi connectivity index (χ0v) is 18.0. The predicted molar refractivity (Wildman–Crippen MR) is 113 cm³/mol. The Morgan fingerprint density at radius 2 is 1.69 bits per heavy atom. The summed E-state index contributed by atoms with van der Waals surface area (Å²) >= 11 is 0. The molecule has 2 rings (SSSR count). The lowest BCUT2D eigenvalue weighted by Gasteiger charge is -2.17. The average Bonchev–Trinajstić information content (AvgIpc) is 3.09. The summed E-state index contributed by atoms with van der Waals surface area (Å²) in [5.74, 6) is -2.49. The van der Waals surface area contributed by atoms with Gasteiger partial charge in [-0.1, -0.05) is 12.1 Å². The van der Waals surface area contributed by atoms with Crippen LogP contribution in [0.4, 0.5) is 5.69 Å². The van der Waals surface area contributed by atoms with E-state index < -0.39 is 41.9 Å². The minimum absolute atomic E-state index is 0.0804. The van der Waals surface area contributed by atoms with Crippen molar-refractivity contribution in [2.75, 3.05) is 32.6 Å². The molecule has 32 heavy (non-hydrogen) atoms. The van der Waals surface area contributed by atoms with Crippen LogP contribution in [0, 0.1) is 0 Å². The molecule has 11 nitrogen and oxygen atoms in total. The van der Waals surface area contributed by atoms with E-state index in [0.717, 1.165) is 17.1 Å². The summed E-state index contributed by atoms with van der Waals surface area (Å²) in [6.07, 6.45) is 1.54. The number of carbonyl (C=O) groups is 5. The van der Waals surface area contributed by atoms with Crippen LogP contribution in [0.1, 0.15) is 25.2 Å². The third-order valence-corrected chi connectivity index (χ3v) is 4.53. The molecule has 172 valence electrons. The lowest BCUT2D eigenvalue weighted by atomic mass is 10.2. The fraction of sp³-hybridized carbons (Fsp3) is 0.381. The molecule has 0 radical (unpaired) electrons. The molecule has 0 saturated carbocycles. The molecule has 0 saturated heterocycles. The summed E-state index contributed by atoms with van der Waals surface area (Å²) in [7, 11) is 3.00. The number of nitrogens with one attached hydrogen (secondary N) is 3. The smallest absolute Gasteiger partial charge is 0.253 e. The summed E-state index contributed by atoms with van der Waals surface area (Å²) < 4.78 is 10.4. The van der Waals surface area contributed by atoms with Gasteiger partial charge in [-0.15, -0.1) is 0 Å². The normalized spacial score (nSPS) is 13.9. The van der Waals surface area contributed by atoms with Gasteiger partial charge in [0.1, 0.15) is 6.04 Å². The number of hydrogen-bond donors (Lipinski definition) is 3. The van der Waals surface area contributed by atoms with Gasteiger partial charge in [0.05, 0.1) is 6.54 Å². The van der Waals surface area contributed by atoms with E-state index in [0.29, 0.717) is 11.3 Å². The van der Waals surface area contributed by atoms with E-state index in [1.807, 2.05) is 0 Å². The summed E-state index contributed by atoms with van der Waals surface area (Å²) in [5.41, 5.74) is 1.21. The maximum atomic E-state index is 12.4. The largest absolute Gasteiger partial charge is 0.352 e. The van der Waals surface area contributed by atoms with Crippen molar-refractivity contribution in [2.24, 2.45) is 0 Å². The molecule has 5 amide bonds. The number of carbonyl (C=O) groups excluding carboxylic acids is 5. The van der Waals surface area contributed by atoms with E-state index in [1.165, 1.54) is 21.1 Å². The van der Waals surface area contributed by atoms with Gasteiger partial charge in [-0.2, -0.15) is 0 Å². The standard InChI is InChI=1S/C21H26N4O7/c1-13(20(30)24-15-6-4-5-14(11-15)21(31-2)32-3)23-17(27)12-22-16(26)9-10-25-18(28)7-8-19(25)29/h4-8,11,13,21H,9-10,12H2,1-3H3,(H,22,26)(H,23,27)(H,24,30)/t13-/m0/s1. The molecule has 0 unspecified atom stereocenters. The Hall–Kier alpha value is -3.57. The van der Waals surface area contributed by atoms with Gasteiger partial charge in [-0.05, 0) is 19.1 Å². The molecule has 0 aliphatic carbocycles. The number of benzene rings is 1. The Kier molecular flexibility index (Phi) is 9.05. The first kappa shape index (κ1) is 24.7. The fourth-order valence-corrected chi connectivity index (χ4v) is 2.87. The van der Waals surface area contributed by atoms with E-state index in [9.17, 15) is 24.0 Å². The summed E-state index contributed by atoms with van der Waals surface area (Å²) in [6, 6.07) is 6.02. The summed E-state index contributed by atoms with van der Waals surface area (Å²) in [4.78, 5) is 60.1. The number of hydrogen-bond acceptors (Lipinski definition) is 7. The van der Waals surface area contributed by atoms with Crippen molar-refractivity contribution in [3.8, 4) is 0 Å². The van der Waals surface area contributed by atoms with Crippen molar-refractivity contribution in [1.82, 2.24) is 15.5 Å². The molecule has 1 heterocycles. The van der Waals surface area contributed by atoms with Gasteiger partial charge < -0.3 is 25.4 Å². The number of imide groups is 1. The monoisotopic (exact) mass is 446 g/mol. The van der Waals surface area contributed by atoms with Crippen molar-refractivity contribution in [2.45, 2.75) is 25.7 Å². The molecule has 1 atom stereocenters. The molecule has 3 N–H and O–H groups in total. The van der Waals surface area contributed by atoms with Crippen molar-refractivity contribution in [1.29, 1.82) is 0 Å². The van der Waals surface area contributed by atoms with E-state index in [1.54, 1.807) is 24.3 Å². The van der Waals surface area contributed by atoms with E-state index >= 15 is 0 Å². The Balaban J connectivity index is 1.75. The van der Waals surface area contributed by atoms with Gasteiger partial charge in [0.2, 0.25) is 17.7 Å². The van der Waals surface area contributed by atoms with Gasteiger partial charge in [0, 0.05) is 50.6 Å². The van der Waals surface area contributed by atoms with Crippen LogP contribution in [0.15, 0.2) is 36.4 Å². The van der Waals surface area contributed by atoms with Crippen LogP contribution in [0.25, 0.3) is 0 Å². The Morgan fingerprint density at radius 3 is 2.31 bits per heavy atom. The first-order valence-corrected chi connectivity index (χ1v) is 9.81. The minimum Gasteiger partial charge on any atom is -0.352 e. The molecular formula is C21H26N4O7. The molecular weight excluding hydrogens is 420 g/mol. The molecule has 1 aliphatic heterocycles. The van der Waals surface area contributed by atoms with Crippen LogP contribution in [0.2, 0.25) is 0 Å². The number of ether oxygens (including phenoxy) is 2. The van der Waals surface area contributed by atoms with Gasteiger partial charge in [0.15, 0.2) is 6.29 Å². The van der Waals surface area contributed by atoms with Gasteiger partial charge in [-0.3, -0.25) is 28.9 Å². The zero-order valence-electron chi connectivity index (χ0n) is 18.0. The second-order valence-electron chi connectivity index (χ2n) is 6.90. The highest BCUT2D eigenvalue weighted by molar-refractivity contribution is 6.13. The third kappa shape index (κ3) is 7.00. The topological polar surface area (TPSA) is 143 Å². The molecule has 1 aromatic carbocycles. The second-order valence-corrected chi connectivity index (χ2v) is 6.90. The lowest BCUT2D eigenvalue weighted by molar-refractivity contribution is -0.137. The third-order valence-electron chi connectivity index (χ3n) is 4.53. The molecule has 1 aliphatic rings. The maximum Gasteiger partial charge on any atom is 0.253 e. The van der Waals surface area contributed by atoms with E-state index in [2.05, 4.69) is 16.0 Å². The number of rotatable bonds is 11. The van der Waals surface area contributed by atoms with Gasteiger partial charge >= 0.3 is 0 Å². The Bertz CT molecular complexity index is 893. The molecule has 0 spiro atoms. The highest BCUT2D eigenvalue weighted by atomic mass is 16.7. The van der Waals surface area contributed by atoms with E-state index in [4.69, 9.17) is 9.47 Å². The van der Waals surface area contributed by atoms with Crippen molar-refractivity contribution in [3.05, 3.63) is 42.0 Å². The van der Waals surface area contributed by atoms with Crippen LogP contribution in [-0.2, 0) is 33.4 Å². The second kappa shape index (κ2) is 11.7. The fourth-order valence-electron chi connectivity index (χ4n) is 2.87. The van der Waals surface area contributed by atoms with Crippen molar-refractivity contribution in [3.63, 3.8) is 0 Å². The summed E-state index contributed by atoms with van der Waals surface area (Å²) in [6.45, 7) is 1.07. The van der Waals surface area contributed by atoms with Crippen molar-refractivity contribution < 1.29 is 33.4 Å². The lowest BCUT2D eigenvalue weighted by Crippen LogP contribution is -2.46. The van der Waals surface area contributed by atoms with Crippen molar-refractivity contribution >= 4 is 35.2 Å². The predicted octanol–water partition coefficient (Wildman–Crippen LogP) is -0.147.